The molecule has 1 atom stereocenters. The number of rotatable bonds is 6. The number of hydrogen-bond acceptors (Lipinski definition) is 6. The standard InChI is InChI=1S/C27H28N6/c1-32(2)24-11-14-33(19-24)18-20-6-8-21(9-7-20)22-15-23(17-28-16-22)25-10-13-30-27(31-25)26-5-3-4-12-29-26/h3-10,12-13,15-17,24H,11,14,18-19H2,1-2H3/t24-/m1/s1. The monoisotopic (exact) mass is 436 g/mol. The van der Waals surface area contributed by atoms with Gasteiger partial charge in [-0.2, -0.15) is 0 Å². The van der Waals surface area contributed by atoms with E-state index in [1.54, 1.807) is 12.4 Å². The number of likely N-dealkylation sites (N-methyl/N-ethyl adjacent to an activating group) is 1. The van der Waals surface area contributed by atoms with E-state index in [-0.39, 0.29) is 0 Å². The van der Waals surface area contributed by atoms with Gasteiger partial charge in [0.1, 0.15) is 5.69 Å². The maximum Gasteiger partial charge on any atom is 0.178 e. The summed E-state index contributed by atoms with van der Waals surface area (Å²) in [7, 11) is 4.35. The number of hydrogen-bond donors (Lipinski definition) is 0. The van der Waals surface area contributed by atoms with Crippen LogP contribution >= 0.6 is 0 Å². The van der Waals surface area contributed by atoms with Gasteiger partial charge in [0, 0.05) is 61.6 Å². The van der Waals surface area contributed by atoms with E-state index in [9.17, 15) is 0 Å². The van der Waals surface area contributed by atoms with E-state index in [1.165, 1.54) is 12.0 Å². The predicted molar refractivity (Wildman–Crippen MR) is 131 cm³/mol. The van der Waals surface area contributed by atoms with Gasteiger partial charge in [-0.1, -0.05) is 30.3 Å². The van der Waals surface area contributed by atoms with Gasteiger partial charge in [-0.25, -0.2) is 9.97 Å². The van der Waals surface area contributed by atoms with Gasteiger partial charge in [0.2, 0.25) is 0 Å². The lowest BCUT2D eigenvalue weighted by molar-refractivity contribution is 0.264. The molecule has 1 saturated heterocycles. The van der Waals surface area contributed by atoms with Crippen molar-refractivity contribution in [3.63, 3.8) is 0 Å². The predicted octanol–water partition coefficient (Wildman–Crippen LogP) is 4.40. The Labute approximate surface area is 195 Å². The second-order valence-corrected chi connectivity index (χ2v) is 8.78. The molecule has 5 rings (SSSR count). The van der Waals surface area contributed by atoms with E-state index in [2.05, 4.69) is 69.2 Å². The van der Waals surface area contributed by atoms with E-state index in [4.69, 9.17) is 4.98 Å². The van der Waals surface area contributed by atoms with Crippen LogP contribution in [0.2, 0.25) is 0 Å². The van der Waals surface area contributed by atoms with Crippen LogP contribution in [0.5, 0.6) is 0 Å². The lowest BCUT2D eigenvalue weighted by atomic mass is 10.0. The van der Waals surface area contributed by atoms with Gasteiger partial charge < -0.3 is 4.90 Å². The van der Waals surface area contributed by atoms with Gasteiger partial charge in [-0.15, -0.1) is 0 Å². The summed E-state index contributed by atoms with van der Waals surface area (Å²) in [5.41, 5.74) is 6.13. The van der Waals surface area contributed by atoms with Gasteiger partial charge in [0.05, 0.1) is 5.69 Å². The molecule has 0 saturated carbocycles. The van der Waals surface area contributed by atoms with Gasteiger partial charge in [-0.3, -0.25) is 14.9 Å². The molecule has 0 spiro atoms. The van der Waals surface area contributed by atoms with Crippen molar-refractivity contribution in [2.24, 2.45) is 0 Å². The van der Waals surface area contributed by atoms with E-state index in [1.807, 2.05) is 36.7 Å². The molecule has 1 aliphatic rings. The molecule has 0 radical (unpaired) electrons. The average Bonchev–Trinajstić information content (AvgIpc) is 3.34. The number of likely N-dealkylation sites (tertiary alicyclic amines) is 1. The fourth-order valence-corrected chi connectivity index (χ4v) is 4.31. The molecule has 0 bridgehead atoms. The van der Waals surface area contributed by atoms with Crippen molar-refractivity contribution in [1.82, 2.24) is 29.7 Å². The van der Waals surface area contributed by atoms with Gasteiger partial charge in [-0.05, 0) is 55.9 Å². The lowest BCUT2D eigenvalue weighted by Crippen LogP contribution is -2.31. The van der Waals surface area contributed by atoms with Gasteiger partial charge in [0.25, 0.3) is 0 Å². The summed E-state index contributed by atoms with van der Waals surface area (Å²) in [6, 6.07) is 19.3. The van der Waals surface area contributed by atoms with Crippen molar-refractivity contribution in [3.8, 4) is 33.9 Å². The van der Waals surface area contributed by atoms with Gasteiger partial charge in [0.15, 0.2) is 5.82 Å². The molecule has 0 N–H and O–H groups in total. The van der Waals surface area contributed by atoms with Crippen LogP contribution < -0.4 is 0 Å². The summed E-state index contributed by atoms with van der Waals surface area (Å²) in [6.07, 6.45) is 8.52. The minimum atomic E-state index is 0.612. The second-order valence-electron chi connectivity index (χ2n) is 8.78. The van der Waals surface area contributed by atoms with E-state index >= 15 is 0 Å². The molecule has 33 heavy (non-hydrogen) atoms. The van der Waals surface area contributed by atoms with Crippen LogP contribution in [0.15, 0.2) is 79.4 Å². The molecule has 1 aliphatic heterocycles. The Morgan fingerprint density at radius 2 is 1.73 bits per heavy atom. The van der Waals surface area contributed by atoms with E-state index in [0.29, 0.717) is 11.9 Å². The molecule has 1 aromatic carbocycles. The normalized spacial score (nSPS) is 16.4. The highest BCUT2D eigenvalue weighted by molar-refractivity contribution is 5.70. The third-order valence-electron chi connectivity index (χ3n) is 6.25. The smallest absolute Gasteiger partial charge is 0.178 e. The first-order valence-electron chi connectivity index (χ1n) is 11.3. The summed E-state index contributed by atoms with van der Waals surface area (Å²) in [5, 5.41) is 0. The Balaban J connectivity index is 1.33. The largest absolute Gasteiger partial charge is 0.305 e. The lowest BCUT2D eigenvalue weighted by Gasteiger charge is -2.20. The molecule has 4 aromatic rings. The number of aromatic nitrogens is 4. The van der Waals surface area contributed by atoms with Crippen LogP contribution in [0.1, 0.15) is 12.0 Å². The highest BCUT2D eigenvalue weighted by Crippen LogP contribution is 2.26. The fourth-order valence-electron chi connectivity index (χ4n) is 4.31. The molecule has 0 amide bonds. The molecular weight excluding hydrogens is 408 g/mol. The zero-order valence-electron chi connectivity index (χ0n) is 19.1. The third-order valence-corrected chi connectivity index (χ3v) is 6.25. The molecule has 3 aromatic heterocycles. The molecule has 166 valence electrons. The number of benzene rings is 1. The SMILES string of the molecule is CN(C)[C@@H]1CCN(Cc2ccc(-c3cncc(-c4ccnc(-c5ccccn5)n4)c3)cc2)C1. The summed E-state index contributed by atoms with van der Waals surface area (Å²) in [6.45, 7) is 3.30. The maximum atomic E-state index is 4.72. The van der Waals surface area contributed by atoms with Crippen LogP contribution in [-0.4, -0.2) is 63.0 Å². The Morgan fingerprint density at radius 3 is 2.48 bits per heavy atom. The number of nitrogens with zero attached hydrogens (tertiary/aromatic N) is 6. The molecular formula is C27H28N6. The van der Waals surface area contributed by atoms with Crippen molar-refractivity contribution >= 4 is 0 Å². The Morgan fingerprint density at radius 1 is 0.879 bits per heavy atom. The molecule has 6 nitrogen and oxygen atoms in total. The van der Waals surface area contributed by atoms with E-state index < -0.39 is 0 Å². The zero-order valence-corrected chi connectivity index (χ0v) is 19.1. The maximum absolute atomic E-state index is 4.72. The Hall–Kier alpha value is -3.48. The fraction of sp³-hybridized carbons (Fsp3) is 0.259. The Kier molecular flexibility index (Phi) is 6.19. The van der Waals surface area contributed by atoms with Crippen molar-refractivity contribution in [1.29, 1.82) is 0 Å². The third kappa shape index (κ3) is 4.97. The van der Waals surface area contributed by atoms with Gasteiger partial charge >= 0.3 is 0 Å². The summed E-state index contributed by atoms with van der Waals surface area (Å²) in [4.78, 5) is 22.8. The minimum absolute atomic E-state index is 0.612. The Bertz CT molecular complexity index is 1210. The average molecular weight is 437 g/mol. The zero-order chi connectivity index (χ0) is 22.6. The summed E-state index contributed by atoms with van der Waals surface area (Å²) in [5.74, 6) is 0.612. The minimum Gasteiger partial charge on any atom is -0.305 e. The summed E-state index contributed by atoms with van der Waals surface area (Å²) < 4.78 is 0. The van der Waals surface area contributed by atoms with Crippen LogP contribution in [0.3, 0.4) is 0 Å². The van der Waals surface area contributed by atoms with Crippen molar-refractivity contribution in [2.45, 2.75) is 19.0 Å². The van der Waals surface area contributed by atoms with Crippen LogP contribution in [0.25, 0.3) is 33.9 Å². The van der Waals surface area contributed by atoms with E-state index in [0.717, 1.165) is 47.7 Å². The molecule has 0 aliphatic carbocycles. The first-order chi connectivity index (χ1) is 16.2. The highest BCUT2D eigenvalue weighted by Gasteiger charge is 2.23. The van der Waals surface area contributed by atoms with Crippen LogP contribution in [0, 0.1) is 0 Å². The summed E-state index contributed by atoms with van der Waals surface area (Å²) >= 11 is 0. The topological polar surface area (TPSA) is 58.0 Å². The second kappa shape index (κ2) is 9.57. The molecule has 6 heteroatoms. The first-order valence-corrected chi connectivity index (χ1v) is 11.3. The first kappa shape index (κ1) is 21.4. The van der Waals surface area contributed by atoms with Crippen LogP contribution in [-0.2, 0) is 6.54 Å². The molecule has 4 heterocycles. The molecule has 0 unspecified atom stereocenters. The number of pyridine rings is 2. The quantitative estimate of drug-likeness (QED) is 0.446. The molecule has 1 fully saturated rings. The van der Waals surface area contributed by atoms with Crippen molar-refractivity contribution in [2.75, 3.05) is 27.2 Å². The van der Waals surface area contributed by atoms with Crippen LogP contribution in [0.4, 0.5) is 0 Å². The van der Waals surface area contributed by atoms with Crippen molar-refractivity contribution < 1.29 is 0 Å². The highest BCUT2D eigenvalue weighted by atomic mass is 15.2. The van der Waals surface area contributed by atoms with Crippen molar-refractivity contribution in [3.05, 3.63) is 84.9 Å².